The summed E-state index contributed by atoms with van der Waals surface area (Å²) < 4.78 is 0. The van der Waals surface area contributed by atoms with Crippen molar-refractivity contribution >= 4 is 17.7 Å². The molecule has 1 aromatic carbocycles. The van der Waals surface area contributed by atoms with Crippen LogP contribution in [-0.4, -0.2) is 73.2 Å². The summed E-state index contributed by atoms with van der Waals surface area (Å²) in [6, 6.07) is 2.75. The normalized spacial score (nSPS) is 11.7. The highest BCUT2D eigenvalue weighted by molar-refractivity contribution is 5.92. The highest BCUT2D eigenvalue weighted by atomic mass is 16.3. The Morgan fingerprint density at radius 2 is 1.55 bits per heavy atom. The van der Waals surface area contributed by atoms with Gasteiger partial charge in [0.1, 0.15) is 17.5 Å². The molecule has 0 unspecified atom stereocenters. The molecule has 0 saturated heterocycles. The van der Waals surface area contributed by atoms with Gasteiger partial charge in [0.25, 0.3) is 0 Å². The molecule has 11 heteroatoms. The lowest BCUT2D eigenvalue weighted by atomic mass is 10.1. The van der Waals surface area contributed by atoms with E-state index in [1.165, 1.54) is 12.1 Å². The number of benzene rings is 1. The molecular formula is C22H38N6O5. The number of nitrogens with one attached hydrogen (secondary N) is 4. The molecule has 0 bridgehead atoms. The molecule has 3 amide bonds. The predicted octanol–water partition coefficient (Wildman–Crippen LogP) is -1.18. The third-order valence-corrected chi connectivity index (χ3v) is 4.82. The first-order chi connectivity index (χ1) is 15.8. The van der Waals surface area contributed by atoms with Crippen LogP contribution in [0.2, 0.25) is 0 Å². The summed E-state index contributed by atoms with van der Waals surface area (Å²) in [5.41, 5.74) is 10.9. The maximum Gasteiger partial charge on any atom is 0.243 e. The number of aromatic hydroxyl groups is 2. The van der Waals surface area contributed by atoms with Crippen molar-refractivity contribution in [3.8, 4) is 11.5 Å². The number of hydrogen-bond donors (Lipinski definition) is 8. The average Bonchev–Trinajstić information content (AvgIpc) is 2.75. The third-order valence-electron chi connectivity index (χ3n) is 4.82. The largest absolute Gasteiger partial charge is 0.508 e. The molecular weight excluding hydrogens is 428 g/mol. The number of carbonyl (C=O) groups is 3. The monoisotopic (exact) mass is 466 g/mol. The molecule has 1 atom stereocenters. The van der Waals surface area contributed by atoms with Crippen LogP contribution in [-0.2, 0) is 20.8 Å². The van der Waals surface area contributed by atoms with Crippen LogP contribution in [0, 0.1) is 0 Å². The fourth-order valence-corrected chi connectivity index (χ4v) is 3.06. The first kappa shape index (κ1) is 28.1. The van der Waals surface area contributed by atoms with E-state index < -0.39 is 23.8 Å². The average molecular weight is 467 g/mol. The van der Waals surface area contributed by atoms with Gasteiger partial charge in [-0.3, -0.25) is 14.4 Å². The van der Waals surface area contributed by atoms with Crippen molar-refractivity contribution in [2.45, 2.75) is 44.6 Å². The summed E-state index contributed by atoms with van der Waals surface area (Å²) in [7, 11) is 0. The van der Waals surface area contributed by atoms with E-state index in [1.807, 2.05) is 0 Å². The maximum absolute atomic E-state index is 12.4. The summed E-state index contributed by atoms with van der Waals surface area (Å²) in [6.45, 7) is 4.61. The Morgan fingerprint density at radius 1 is 0.909 bits per heavy atom. The maximum atomic E-state index is 12.4. The quantitative estimate of drug-likeness (QED) is 0.124. The van der Waals surface area contributed by atoms with Crippen LogP contribution in [0.1, 0.15) is 37.7 Å². The van der Waals surface area contributed by atoms with Gasteiger partial charge in [-0.25, -0.2) is 0 Å². The van der Waals surface area contributed by atoms with Crippen molar-refractivity contribution in [1.82, 2.24) is 21.3 Å². The number of phenols is 2. The molecule has 11 nitrogen and oxygen atoms in total. The van der Waals surface area contributed by atoms with Crippen LogP contribution in [0.3, 0.4) is 0 Å². The summed E-state index contributed by atoms with van der Waals surface area (Å²) in [4.78, 5) is 36.0. The summed E-state index contributed by atoms with van der Waals surface area (Å²) in [5.74, 6) is -2.15. The van der Waals surface area contributed by atoms with Gasteiger partial charge in [0.15, 0.2) is 0 Å². The summed E-state index contributed by atoms with van der Waals surface area (Å²) >= 11 is 0. The second kappa shape index (κ2) is 16.7. The molecule has 10 N–H and O–H groups in total. The zero-order valence-electron chi connectivity index (χ0n) is 19.1. The Morgan fingerprint density at radius 3 is 2.15 bits per heavy atom. The van der Waals surface area contributed by atoms with E-state index >= 15 is 0 Å². The standard InChI is InChI=1S/C22H38N6O5/c23-7-3-10-25-8-1-2-9-26-11-4-12-27-22(33)18(15-20(24)31)28-21(32)13-16-5-6-17(29)14-19(16)30/h5-6,14,18,25-26,29-30H,1-4,7-13,15,23H2,(H2,24,31)(H,27,33)(H,28,32)/t18-/m1/s1. The fraction of sp³-hybridized carbons (Fsp3) is 0.591. The van der Waals surface area contributed by atoms with Crippen molar-refractivity contribution in [2.75, 3.05) is 39.3 Å². The van der Waals surface area contributed by atoms with Gasteiger partial charge >= 0.3 is 0 Å². The molecule has 0 heterocycles. The number of phenolic OH excluding ortho intramolecular Hbond substituents is 2. The van der Waals surface area contributed by atoms with Gasteiger partial charge in [0.2, 0.25) is 17.7 Å². The Labute approximate surface area is 194 Å². The van der Waals surface area contributed by atoms with Gasteiger partial charge in [0.05, 0.1) is 12.8 Å². The summed E-state index contributed by atoms with van der Waals surface area (Å²) in [5, 5.41) is 30.9. The van der Waals surface area contributed by atoms with Gasteiger partial charge in [-0.15, -0.1) is 0 Å². The van der Waals surface area contributed by atoms with E-state index in [2.05, 4.69) is 21.3 Å². The van der Waals surface area contributed by atoms with E-state index in [4.69, 9.17) is 11.5 Å². The lowest BCUT2D eigenvalue weighted by molar-refractivity contribution is -0.131. The van der Waals surface area contributed by atoms with Crippen molar-refractivity contribution in [3.05, 3.63) is 23.8 Å². The second-order valence-corrected chi connectivity index (χ2v) is 7.77. The molecule has 0 aliphatic heterocycles. The fourth-order valence-electron chi connectivity index (χ4n) is 3.06. The number of nitrogens with two attached hydrogens (primary N) is 2. The first-order valence-corrected chi connectivity index (χ1v) is 11.3. The van der Waals surface area contributed by atoms with Gasteiger partial charge in [-0.05, 0) is 64.5 Å². The number of unbranched alkanes of at least 4 members (excludes halogenated alkanes) is 1. The topological polar surface area (TPSA) is 192 Å². The van der Waals surface area contributed by atoms with E-state index in [0.717, 1.165) is 51.5 Å². The Hall–Kier alpha value is -2.89. The van der Waals surface area contributed by atoms with Crippen LogP contribution in [0.25, 0.3) is 0 Å². The lowest BCUT2D eigenvalue weighted by Gasteiger charge is -2.17. The van der Waals surface area contributed by atoms with Gasteiger partial charge in [-0.2, -0.15) is 0 Å². The van der Waals surface area contributed by atoms with Crippen LogP contribution in [0.15, 0.2) is 18.2 Å². The van der Waals surface area contributed by atoms with Gasteiger partial charge in [0, 0.05) is 18.2 Å². The zero-order chi connectivity index (χ0) is 24.5. The Bertz CT molecular complexity index is 746. The number of carbonyl (C=O) groups excluding carboxylic acids is 3. The minimum atomic E-state index is -1.10. The zero-order valence-corrected chi connectivity index (χ0v) is 19.1. The molecule has 33 heavy (non-hydrogen) atoms. The Balaban J connectivity index is 2.28. The molecule has 0 saturated carbocycles. The first-order valence-electron chi connectivity index (χ1n) is 11.3. The van der Waals surface area contributed by atoms with Crippen LogP contribution >= 0.6 is 0 Å². The van der Waals surface area contributed by atoms with Crippen LogP contribution in [0.4, 0.5) is 0 Å². The smallest absolute Gasteiger partial charge is 0.243 e. The minimum absolute atomic E-state index is 0.132. The van der Waals surface area contributed by atoms with E-state index in [9.17, 15) is 24.6 Å². The van der Waals surface area contributed by atoms with Crippen LogP contribution < -0.4 is 32.7 Å². The molecule has 186 valence electrons. The Kier molecular flexibility index (Phi) is 14.2. The van der Waals surface area contributed by atoms with Crippen molar-refractivity contribution in [1.29, 1.82) is 0 Å². The number of primary amides is 1. The van der Waals surface area contributed by atoms with Crippen LogP contribution in [0.5, 0.6) is 11.5 Å². The molecule has 0 aliphatic carbocycles. The number of rotatable bonds is 18. The molecule has 0 aromatic heterocycles. The van der Waals surface area contributed by atoms with Crippen molar-refractivity contribution in [2.24, 2.45) is 11.5 Å². The highest BCUT2D eigenvalue weighted by Gasteiger charge is 2.23. The second-order valence-electron chi connectivity index (χ2n) is 7.77. The molecule has 0 radical (unpaired) electrons. The van der Waals surface area contributed by atoms with E-state index in [0.29, 0.717) is 19.5 Å². The van der Waals surface area contributed by atoms with Gasteiger partial charge < -0.3 is 42.9 Å². The SMILES string of the molecule is NCCCNCCCCNCCCNC(=O)[C@@H](CC(N)=O)NC(=O)Cc1ccc(O)cc1O. The molecule has 0 spiro atoms. The minimum Gasteiger partial charge on any atom is -0.508 e. The summed E-state index contributed by atoms with van der Waals surface area (Å²) in [6.07, 6.45) is 3.24. The number of hydrogen-bond acceptors (Lipinski definition) is 8. The van der Waals surface area contributed by atoms with Crippen molar-refractivity contribution in [3.63, 3.8) is 0 Å². The van der Waals surface area contributed by atoms with E-state index in [-0.39, 0.29) is 29.9 Å². The predicted molar refractivity (Wildman–Crippen MR) is 125 cm³/mol. The number of amides is 3. The molecule has 1 aromatic rings. The molecule has 0 fully saturated rings. The van der Waals surface area contributed by atoms with Gasteiger partial charge in [-0.1, -0.05) is 6.07 Å². The van der Waals surface area contributed by atoms with Crippen molar-refractivity contribution < 1.29 is 24.6 Å². The highest BCUT2D eigenvalue weighted by Crippen LogP contribution is 2.22. The molecule has 0 aliphatic rings. The molecule has 1 rings (SSSR count). The lowest BCUT2D eigenvalue weighted by Crippen LogP contribution is -2.49. The third kappa shape index (κ3) is 13.3. The van der Waals surface area contributed by atoms with E-state index in [1.54, 1.807) is 0 Å².